The molecule has 5 N–H and O–H groups in total. The molecule has 6 aromatic rings. The van der Waals surface area contributed by atoms with Crippen molar-refractivity contribution in [2.75, 3.05) is 48.5 Å². The number of methoxy groups -OCH3 is 2. The Labute approximate surface area is 451 Å². The molecule has 23 nitrogen and oxygen atoms in total. The summed E-state index contributed by atoms with van der Waals surface area (Å²) in [5.74, 6) is -2.51. The lowest BCUT2D eigenvalue weighted by Gasteiger charge is -2.40. The summed E-state index contributed by atoms with van der Waals surface area (Å²) in [6.07, 6.45) is 10.3. The maximum atomic E-state index is 14.1. The fourth-order valence-corrected chi connectivity index (χ4v) is 13.9. The quantitative estimate of drug-likeness (QED) is 0.134. The van der Waals surface area contributed by atoms with E-state index in [0.717, 1.165) is 54.6 Å². The van der Waals surface area contributed by atoms with Crippen molar-refractivity contribution in [3.05, 3.63) is 96.3 Å². The summed E-state index contributed by atoms with van der Waals surface area (Å²) in [5, 5.41) is 22.7. The third kappa shape index (κ3) is 12.4. The maximum absolute atomic E-state index is 14.1. The number of carboxylic acid groups (broad SMARTS) is 1. The molecule has 3 amide bonds. The standard InChI is InChI=1S/C24H27N5O5S.C18H23NO6S.C11H14N4O2/c1-34-17-7-5-16(6-8-17)24(11-3-2-4-12-24)23(31)29-15-35(32,33)14-20(29)22(30)27-21-10-9-18-19(26-21)13-25-28-18;1-25-14-7-5-13(6-8-14)18(9-3-2-4-10-18)17(22)19-12-26(23,24)11-15(19)16(20)21;1-11(2,3)17-10(16)15-8-4-5-9(12)14-7(8)6-13-15/h5-10,13,20H,2-4,11-12,14-15H2,1H3,(H,25,28)(H,26,27,30);5-8,15H,2-4,9-12H2,1H3,(H,20,21);4-6H,1-3H3,(H2,12,14)/t20-;15-;/m11./s1. The van der Waals surface area contributed by atoms with Gasteiger partial charge in [0, 0.05) is 0 Å². The molecule has 4 aliphatic rings. The highest BCUT2D eigenvalue weighted by molar-refractivity contribution is 7.92. The molecule has 4 aromatic heterocycles. The van der Waals surface area contributed by atoms with Crippen molar-refractivity contribution in [1.82, 2.24) is 39.7 Å². The van der Waals surface area contributed by atoms with E-state index in [0.29, 0.717) is 65.1 Å². The number of aromatic nitrogens is 6. The van der Waals surface area contributed by atoms with Crippen molar-refractivity contribution in [1.29, 1.82) is 0 Å². The lowest BCUT2D eigenvalue weighted by molar-refractivity contribution is -0.151. The maximum Gasteiger partial charge on any atom is 0.435 e. The van der Waals surface area contributed by atoms with Crippen molar-refractivity contribution in [2.45, 2.75) is 113 Å². The van der Waals surface area contributed by atoms with Crippen LogP contribution in [0.2, 0.25) is 0 Å². The van der Waals surface area contributed by atoms with Crippen LogP contribution in [0.5, 0.6) is 11.5 Å². The number of benzene rings is 2. The number of aromatic amines is 1. The summed E-state index contributed by atoms with van der Waals surface area (Å²) in [7, 11) is -4.07. The summed E-state index contributed by atoms with van der Waals surface area (Å²) in [6, 6.07) is 18.7. The topological polar surface area (TPSA) is 318 Å². The monoisotopic (exact) mass is 1110 g/mol. The number of carbonyl (C=O) groups excluding carboxylic acids is 4. The number of nitrogens with one attached hydrogen (secondary N) is 2. The van der Waals surface area contributed by atoms with Crippen LogP contribution in [0.3, 0.4) is 0 Å². The van der Waals surface area contributed by atoms with Crippen molar-refractivity contribution in [2.24, 2.45) is 0 Å². The summed E-state index contributed by atoms with van der Waals surface area (Å²) >= 11 is 0. The predicted molar refractivity (Wildman–Crippen MR) is 288 cm³/mol. The van der Waals surface area contributed by atoms with E-state index in [1.807, 2.05) is 36.4 Å². The summed E-state index contributed by atoms with van der Waals surface area (Å²) in [5.41, 5.74) is 7.26. The molecule has 2 saturated heterocycles. The van der Waals surface area contributed by atoms with Crippen LogP contribution < -0.4 is 20.5 Å². The van der Waals surface area contributed by atoms with Gasteiger partial charge in [-0.15, -0.1) is 0 Å². The summed E-state index contributed by atoms with van der Waals surface area (Å²) in [6.45, 7) is 5.40. The van der Waals surface area contributed by atoms with Crippen LogP contribution in [0.4, 0.5) is 16.4 Å². The number of sulfone groups is 2. The number of hydrogen-bond acceptors (Lipinski definition) is 17. The van der Waals surface area contributed by atoms with E-state index in [2.05, 4.69) is 30.6 Å². The van der Waals surface area contributed by atoms with Crippen LogP contribution in [0.25, 0.3) is 22.1 Å². The lowest BCUT2D eigenvalue weighted by atomic mass is 9.68. The number of carboxylic acids is 1. The van der Waals surface area contributed by atoms with E-state index < -0.39 is 95.3 Å². The number of nitrogens with zero attached hydrogens (tertiary/aromatic N) is 7. The Balaban J connectivity index is 0.000000164. The van der Waals surface area contributed by atoms with Crippen molar-refractivity contribution >= 4 is 83.2 Å². The highest BCUT2D eigenvalue weighted by Gasteiger charge is 2.52. The van der Waals surface area contributed by atoms with Crippen molar-refractivity contribution in [3.8, 4) is 11.5 Å². The Bertz CT molecular complexity index is 3420. The van der Waals surface area contributed by atoms with E-state index in [4.69, 9.17) is 19.9 Å². The zero-order valence-corrected chi connectivity index (χ0v) is 45.6. The van der Waals surface area contributed by atoms with E-state index in [9.17, 15) is 45.9 Å². The first-order valence-corrected chi connectivity index (χ1v) is 29.1. The molecule has 2 atom stereocenters. The molecule has 0 radical (unpaired) electrons. The normalized spacial score (nSPS) is 20.1. The minimum Gasteiger partial charge on any atom is -0.497 e. The Hall–Kier alpha value is -7.67. The van der Waals surface area contributed by atoms with E-state index in [1.54, 1.807) is 71.4 Å². The average molecular weight is 1110 g/mol. The molecule has 25 heteroatoms. The van der Waals surface area contributed by atoms with Gasteiger partial charge >= 0.3 is 12.1 Å². The molecule has 416 valence electrons. The van der Waals surface area contributed by atoms with Crippen LogP contribution in [0, 0.1) is 0 Å². The first-order valence-electron chi connectivity index (χ1n) is 25.5. The van der Waals surface area contributed by atoms with Gasteiger partial charge in [0.2, 0.25) is 17.7 Å². The van der Waals surface area contributed by atoms with Crippen molar-refractivity contribution < 1.29 is 60.1 Å². The number of nitrogens with two attached hydrogens (primary N) is 1. The first kappa shape index (κ1) is 56.5. The second-order valence-corrected chi connectivity index (χ2v) is 25.1. The largest absolute Gasteiger partial charge is 0.497 e. The number of rotatable bonds is 9. The number of aliphatic carboxylic acids is 1. The molecule has 6 heterocycles. The second-order valence-electron chi connectivity index (χ2n) is 20.9. The molecule has 10 rings (SSSR count). The molecule has 0 spiro atoms. The van der Waals surface area contributed by atoms with Gasteiger partial charge in [-0.25, -0.2) is 36.4 Å². The molecular formula is C53H64N10O13S2. The minimum absolute atomic E-state index is 0.267. The fourth-order valence-electron chi connectivity index (χ4n) is 10.6. The number of H-pyrrole nitrogens is 1. The Morgan fingerprint density at radius 3 is 1.69 bits per heavy atom. The SMILES string of the molecule is CC(C)(C)OC(=O)n1ncc2nc(N)ccc21.COc1ccc(C2(C(=O)N3CS(=O)(=O)C[C@@H]3C(=O)Nc3ccc4[nH]ncc4n3)CCCCC2)cc1.COc1ccc(C2(C(=O)N3CS(=O)(=O)C[C@@H]3C(=O)O)CCCCC2)cc1. The Morgan fingerprint density at radius 2 is 1.19 bits per heavy atom. The van der Waals surface area contributed by atoms with Gasteiger partial charge in [-0.1, -0.05) is 62.8 Å². The number of hydrogen-bond donors (Lipinski definition) is 4. The molecule has 78 heavy (non-hydrogen) atoms. The molecule has 0 bridgehead atoms. The van der Waals surface area contributed by atoms with E-state index >= 15 is 0 Å². The molecule has 2 saturated carbocycles. The van der Waals surface area contributed by atoms with Crippen molar-refractivity contribution in [3.63, 3.8) is 0 Å². The number of carbonyl (C=O) groups is 5. The molecule has 2 aliphatic carbocycles. The molecule has 2 aromatic carbocycles. The smallest absolute Gasteiger partial charge is 0.435 e. The minimum atomic E-state index is -3.62. The number of ether oxygens (including phenoxy) is 3. The highest BCUT2D eigenvalue weighted by Crippen LogP contribution is 2.44. The fraction of sp³-hybridized carbons (Fsp3) is 0.453. The lowest BCUT2D eigenvalue weighted by Crippen LogP contribution is -2.53. The number of anilines is 2. The van der Waals surface area contributed by atoms with Gasteiger partial charge in [-0.2, -0.15) is 14.9 Å². The average Bonchev–Trinajstić information content (AvgIpc) is 4.30. The molecule has 2 aliphatic heterocycles. The van der Waals surface area contributed by atoms with Gasteiger partial charge in [-0.3, -0.25) is 19.5 Å². The zero-order valence-electron chi connectivity index (χ0n) is 44.0. The number of fused-ring (bicyclic) bond motifs is 2. The third-order valence-electron chi connectivity index (χ3n) is 14.4. The van der Waals surface area contributed by atoms with Gasteiger partial charge < -0.3 is 40.2 Å². The van der Waals surface area contributed by atoms with Gasteiger partial charge in [-0.05, 0) is 106 Å². The first-order chi connectivity index (χ1) is 37.0. The summed E-state index contributed by atoms with van der Waals surface area (Å²) < 4.78 is 66.1. The van der Waals surface area contributed by atoms with Crippen LogP contribution in [-0.4, -0.2) is 147 Å². The third-order valence-corrected chi connectivity index (χ3v) is 17.4. The number of amides is 3. The molecule has 4 fully saturated rings. The van der Waals surface area contributed by atoms with E-state index in [1.165, 1.54) is 22.0 Å². The Morgan fingerprint density at radius 1 is 0.679 bits per heavy atom. The number of nitrogen functional groups attached to an aromatic ring is 1. The van der Waals surface area contributed by atoms with Crippen LogP contribution >= 0.6 is 0 Å². The van der Waals surface area contributed by atoms with Crippen LogP contribution in [0.1, 0.15) is 96.1 Å². The van der Waals surface area contributed by atoms with E-state index in [-0.39, 0.29) is 11.7 Å². The number of pyridine rings is 2. The predicted octanol–water partition coefficient (Wildman–Crippen LogP) is 5.75. The van der Waals surface area contributed by atoms with Gasteiger partial charge in [0.1, 0.15) is 63.6 Å². The van der Waals surface area contributed by atoms with Crippen LogP contribution in [0.15, 0.2) is 85.2 Å². The molecular weight excluding hydrogens is 1050 g/mol. The zero-order chi connectivity index (χ0) is 56.2. The second kappa shape index (κ2) is 22.7. The Kier molecular flexibility index (Phi) is 16.5. The summed E-state index contributed by atoms with van der Waals surface area (Å²) in [4.78, 5) is 74.9. The highest BCUT2D eigenvalue weighted by atomic mass is 32.2. The van der Waals surface area contributed by atoms with Crippen LogP contribution in [-0.2, 0) is 54.4 Å². The molecule has 0 unspecified atom stereocenters. The van der Waals surface area contributed by atoms with Gasteiger partial charge in [0.15, 0.2) is 19.7 Å². The van der Waals surface area contributed by atoms with Gasteiger partial charge in [0.25, 0.3) is 0 Å². The van der Waals surface area contributed by atoms with Gasteiger partial charge in [0.05, 0.1) is 60.0 Å².